The van der Waals surface area contributed by atoms with Gasteiger partial charge in [-0.15, -0.1) is 0 Å². The minimum absolute atomic E-state index is 0.0291. The fourth-order valence-electron chi connectivity index (χ4n) is 1.55. The summed E-state index contributed by atoms with van der Waals surface area (Å²) < 4.78 is 40.2. The van der Waals surface area contributed by atoms with Gasteiger partial charge in [0.15, 0.2) is 6.61 Å². The van der Waals surface area contributed by atoms with Crippen LogP contribution < -0.4 is 5.48 Å². The summed E-state index contributed by atoms with van der Waals surface area (Å²) >= 11 is 0. The van der Waals surface area contributed by atoms with Crippen molar-refractivity contribution >= 4 is 5.91 Å². The zero-order chi connectivity index (χ0) is 12.2. The van der Waals surface area contributed by atoms with Gasteiger partial charge in [0.1, 0.15) is 0 Å². The largest absolute Gasteiger partial charge is 0.414 e. The molecule has 0 atom stereocenters. The molecule has 0 bridgehead atoms. The van der Waals surface area contributed by atoms with Crippen molar-refractivity contribution in [2.24, 2.45) is 0 Å². The highest BCUT2D eigenvalue weighted by Crippen LogP contribution is 2.37. The van der Waals surface area contributed by atoms with Crippen molar-refractivity contribution in [3.63, 3.8) is 0 Å². The minimum atomic E-state index is -4.44. The summed E-state index contributed by atoms with van der Waals surface area (Å²) in [6.07, 6.45) is -1.96. The van der Waals surface area contributed by atoms with Gasteiger partial charge in [0.25, 0.3) is 0 Å². The van der Waals surface area contributed by atoms with Crippen LogP contribution >= 0.6 is 0 Å². The van der Waals surface area contributed by atoms with Crippen LogP contribution in [0.25, 0.3) is 0 Å². The van der Waals surface area contributed by atoms with Crippen LogP contribution in [0.1, 0.15) is 25.7 Å². The van der Waals surface area contributed by atoms with Gasteiger partial charge < -0.3 is 4.74 Å². The van der Waals surface area contributed by atoms with Gasteiger partial charge in [0.05, 0.1) is 12.0 Å². The Morgan fingerprint density at radius 1 is 1.44 bits per heavy atom. The Balaban J connectivity index is 2.21. The zero-order valence-electron chi connectivity index (χ0n) is 8.89. The lowest BCUT2D eigenvalue weighted by Crippen LogP contribution is -2.44. The first kappa shape index (κ1) is 13.2. The van der Waals surface area contributed by atoms with Gasteiger partial charge in [-0.25, -0.2) is 5.48 Å². The zero-order valence-corrected chi connectivity index (χ0v) is 8.89. The third kappa shape index (κ3) is 3.97. The average molecular weight is 241 g/mol. The van der Waals surface area contributed by atoms with Gasteiger partial charge in [-0.3, -0.25) is 9.63 Å². The number of alkyl halides is 3. The van der Waals surface area contributed by atoms with Gasteiger partial charge in [0, 0.05) is 7.11 Å². The smallest absolute Gasteiger partial charge is 0.378 e. The summed E-state index contributed by atoms with van der Waals surface area (Å²) in [6.45, 7) is -1.49. The van der Waals surface area contributed by atoms with Crippen LogP contribution in [0.3, 0.4) is 0 Å². The molecule has 1 amide bonds. The SMILES string of the molecule is COC1(CC(=O)NOCC(F)(F)F)CCC1. The van der Waals surface area contributed by atoms with Gasteiger partial charge in [-0.05, 0) is 19.3 Å². The highest BCUT2D eigenvalue weighted by Gasteiger charge is 2.39. The number of hydrogen-bond donors (Lipinski definition) is 1. The van der Waals surface area contributed by atoms with E-state index in [4.69, 9.17) is 4.74 Å². The van der Waals surface area contributed by atoms with Crippen molar-refractivity contribution in [2.75, 3.05) is 13.7 Å². The Hall–Kier alpha value is -0.820. The van der Waals surface area contributed by atoms with Gasteiger partial charge >= 0.3 is 6.18 Å². The predicted octanol–water partition coefficient (Wildman–Crippen LogP) is 1.56. The summed E-state index contributed by atoms with van der Waals surface area (Å²) in [4.78, 5) is 15.3. The third-order valence-corrected chi connectivity index (χ3v) is 2.60. The maximum atomic E-state index is 11.7. The van der Waals surface area contributed by atoms with E-state index >= 15 is 0 Å². The molecule has 0 unspecified atom stereocenters. The number of carbonyl (C=O) groups is 1. The summed E-state index contributed by atoms with van der Waals surface area (Å²) in [7, 11) is 1.49. The maximum Gasteiger partial charge on any atom is 0.414 e. The summed E-state index contributed by atoms with van der Waals surface area (Å²) in [5.74, 6) is -0.592. The monoisotopic (exact) mass is 241 g/mol. The molecule has 7 heteroatoms. The molecular formula is C9H14F3NO3. The lowest BCUT2D eigenvalue weighted by atomic mass is 9.77. The van der Waals surface area contributed by atoms with Crippen LogP contribution in [-0.4, -0.2) is 31.4 Å². The van der Waals surface area contributed by atoms with Crippen LogP contribution in [0.2, 0.25) is 0 Å². The molecule has 16 heavy (non-hydrogen) atoms. The van der Waals surface area contributed by atoms with Crippen molar-refractivity contribution in [2.45, 2.75) is 37.5 Å². The molecule has 0 aliphatic heterocycles. The first-order valence-electron chi connectivity index (χ1n) is 4.89. The molecule has 1 aliphatic carbocycles. The topological polar surface area (TPSA) is 47.6 Å². The fraction of sp³-hybridized carbons (Fsp3) is 0.889. The van der Waals surface area contributed by atoms with E-state index in [-0.39, 0.29) is 6.42 Å². The number of halogens is 3. The van der Waals surface area contributed by atoms with Crippen molar-refractivity contribution in [1.82, 2.24) is 5.48 Å². The van der Waals surface area contributed by atoms with Crippen molar-refractivity contribution < 1.29 is 27.5 Å². The van der Waals surface area contributed by atoms with E-state index in [1.54, 1.807) is 5.48 Å². The van der Waals surface area contributed by atoms with Gasteiger partial charge in [-0.1, -0.05) is 0 Å². The molecule has 0 aromatic heterocycles. The second kappa shape index (κ2) is 5.01. The number of hydroxylamine groups is 1. The van der Waals surface area contributed by atoms with E-state index in [0.717, 1.165) is 19.3 Å². The molecule has 0 saturated heterocycles. The van der Waals surface area contributed by atoms with E-state index in [0.29, 0.717) is 0 Å². The lowest BCUT2D eigenvalue weighted by Gasteiger charge is -2.39. The first-order valence-corrected chi connectivity index (χ1v) is 4.89. The summed E-state index contributed by atoms with van der Waals surface area (Å²) in [5, 5.41) is 0. The molecule has 1 N–H and O–H groups in total. The fourth-order valence-corrected chi connectivity index (χ4v) is 1.55. The Morgan fingerprint density at radius 3 is 2.44 bits per heavy atom. The molecular weight excluding hydrogens is 227 g/mol. The van der Waals surface area contributed by atoms with Crippen LogP contribution in [0.5, 0.6) is 0 Å². The van der Waals surface area contributed by atoms with E-state index in [2.05, 4.69) is 4.84 Å². The van der Waals surface area contributed by atoms with E-state index in [1.807, 2.05) is 0 Å². The molecule has 0 aromatic rings. The quantitative estimate of drug-likeness (QED) is 0.743. The van der Waals surface area contributed by atoms with E-state index in [1.165, 1.54) is 7.11 Å². The number of ether oxygens (including phenoxy) is 1. The predicted molar refractivity (Wildman–Crippen MR) is 48.4 cm³/mol. The number of methoxy groups -OCH3 is 1. The lowest BCUT2D eigenvalue weighted by molar-refractivity contribution is -0.193. The highest BCUT2D eigenvalue weighted by molar-refractivity contribution is 5.76. The Labute approximate surface area is 91.0 Å². The minimum Gasteiger partial charge on any atom is -0.378 e. The second-order valence-corrected chi connectivity index (χ2v) is 3.85. The summed E-state index contributed by atoms with van der Waals surface area (Å²) in [5.41, 5.74) is 1.25. The van der Waals surface area contributed by atoms with Crippen molar-refractivity contribution in [1.29, 1.82) is 0 Å². The number of carbonyl (C=O) groups excluding carboxylic acids is 1. The van der Waals surface area contributed by atoms with E-state index < -0.39 is 24.3 Å². The van der Waals surface area contributed by atoms with Crippen LogP contribution in [0.15, 0.2) is 0 Å². The highest BCUT2D eigenvalue weighted by atomic mass is 19.4. The van der Waals surface area contributed by atoms with Gasteiger partial charge in [-0.2, -0.15) is 13.2 Å². The van der Waals surface area contributed by atoms with Gasteiger partial charge in [0.2, 0.25) is 5.91 Å². The van der Waals surface area contributed by atoms with Crippen LogP contribution in [0.4, 0.5) is 13.2 Å². The number of rotatable bonds is 5. The Bertz CT molecular complexity index is 245. The summed E-state index contributed by atoms with van der Waals surface area (Å²) in [6, 6.07) is 0. The first-order chi connectivity index (χ1) is 7.37. The molecule has 0 spiro atoms. The molecule has 0 heterocycles. The molecule has 0 aromatic carbocycles. The number of nitrogens with one attached hydrogen (secondary N) is 1. The molecule has 1 rings (SSSR count). The third-order valence-electron chi connectivity index (χ3n) is 2.60. The molecule has 94 valence electrons. The molecule has 0 radical (unpaired) electrons. The molecule has 1 aliphatic rings. The molecule has 4 nitrogen and oxygen atoms in total. The number of amides is 1. The molecule has 1 saturated carbocycles. The molecule has 1 fully saturated rings. The Morgan fingerprint density at radius 2 is 2.06 bits per heavy atom. The maximum absolute atomic E-state index is 11.7. The van der Waals surface area contributed by atoms with Crippen LogP contribution in [-0.2, 0) is 14.4 Å². The van der Waals surface area contributed by atoms with Crippen molar-refractivity contribution in [3.8, 4) is 0 Å². The van der Waals surface area contributed by atoms with E-state index in [9.17, 15) is 18.0 Å². The average Bonchev–Trinajstić information content (AvgIpc) is 2.09. The second-order valence-electron chi connectivity index (χ2n) is 3.85. The van der Waals surface area contributed by atoms with Crippen LogP contribution in [0, 0.1) is 0 Å². The normalized spacial score (nSPS) is 19.0. The van der Waals surface area contributed by atoms with Crippen molar-refractivity contribution in [3.05, 3.63) is 0 Å². The standard InChI is InChI=1S/C9H14F3NO3/c1-15-8(3-2-4-8)5-7(14)13-16-6-9(10,11)12/h2-6H2,1H3,(H,13,14). The Kier molecular flexibility index (Phi) is 4.15. The number of hydrogen-bond acceptors (Lipinski definition) is 3.